The van der Waals surface area contributed by atoms with E-state index in [-0.39, 0.29) is 24.4 Å². The molecule has 1 aliphatic rings. The highest BCUT2D eigenvalue weighted by molar-refractivity contribution is 5.85. The van der Waals surface area contributed by atoms with E-state index in [9.17, 15) is 4.79 Å². The molecule has 2 rings (SSSR count). The summed E-state index contributed by atoms with van der Waals surface area (Å²) in [5.41, 5.74) is 7.02. The number of carbonyl (C=O) groups is 1. The Morgan fingerprint density at radius 2 is 2.11 bits per heavy atom. The molecule has 2 unspecified atom stereocenters. The summed E-state index contributed by atoms with van der Waals surface area (Å²) >= 11 is 0. The van der Waals surface area contributed by atoms with Crippen LogP contribution in [0.15, 0.2) is 30.3 Å². The maximum Gasteiger partial charge on any atom is 0.224 e. The average molecular weight is 283 g/mol. The van der Waals surface area contributed by atoms with Gasteiger partial charge in [0.1, 0.15) is 0 Å². The molecule has 1 heterocycles. The molecule has 0 spiro atoms. The molecule has 2 atom stereocenters. The van der Waals surface area contributed by atoms with E-state index in [1.54, 1.807) is 0 Å². The highest BCUT2D eigenvalue weighted by Crippen LogP contribution is 2.22. The molecule has 0 bridgehead atoms. The Labute approximate surface area is 121 Å². The zero-order valence-corrected chi connectivity index (χ0v) is 12.2. The first-order valence-electron chi connectivity index (χ1n) is 6.76. The quantitative estimate of drug-likeness (QED) is 0.922. The van der Waals surface area contributed by atoms with Crippen molar-refractivity contribution in [3.8, 4) is 0 Å². The van der Waals surface area contributed by atoms with Crippen molar-refractivity contribution in [3.05, 3.63) is 35.9 Å². The van der Waals surface area contributed by atoms with Gasteiger partial charge in [-0.2, -0.15) is 0 Å². The lowest BCUT2D eigenvalue weighted by molar-refractivity contribution is -0.132. The molecule has 3 nitrogen and oxygen atoms in total. The topological polar surface area (TPSA) is 46.3 Å². The SMILES string of the molecule is CC(N)CC(=O)N1CCCC1Cc1ccccc1.Cl. The summed E-state index contributed by atoms with van der Waals surface area (Å²) in [5, 5.41) is 0. The number of benzene rings is 1. The van der Waals surface area contributed by atoms with Gasteiger partial charge in [0.2, 0.25) is 5.91 Å². The molecule has 106 valence electrons. The zero-order chi connectivity index (χ0) is 13.0. The van der Waals surface area contributed by atoms with Gasteiger partial charge in [-0.1, -0.05) is 30.3 Å². The lowest BCUT2D eigenvalue weighted by Crippen LogP contribution is -2.39. The number of carbonyl (C=O) groups excluding carboxylic acids is 1. The van der Waals surface area contributed by atoms with Crippen LogP contribution >= 0.6 is 12.4 Å². The van der Waals surface area contributed by atoms with E-state index in [0.29, 0.717) is 12.5 Å². The normalized spacial score (nSPS) is 19.9. The maximum absolute atomic E-state index is 12.1. The van der Waals surface area contributed by atoms with Crippen molar-refractivity contribution in [2.24, 2.45) is 5.73 Å². The number of hydrogen-bond acceptors (Lipinski definition) is 2. The minimum Gasteiger partial charge on any atom is -0.339 e. The Morgan fingerprint density at radius 3 is 2.74 bits per heavy atom. The number of hydrogen-bond donors (Lipinski definition) is 1. The third-order valence-corrected chi connectivity index (χ3v) is 3.51. The number of nitrogens with two attached hydrogens (primary N) is 1. The minimum absolute atomic E-state index is 0. The molecule has 1 aromatic carbocycles. The third kappa shape index (κ3) is 4.51. The monoisotopic (exact) mass is 282 g/mol. The Morgan fingerprint density at radius 1 is 1.42 bits per heavy atom. The predicted molar refractivity (Wildman–Crippen MR) is 80.4 cm³/mol. The van der Waals surface area contributed by atoms with E-state index in [0.717, 1.165) is 25.8 Å². The maximum atomic E-state index is 12.1. The summed E-state index contributed by atoms with van der Waals surface area (Å²) in [6.07, 6.45) is 3.65. The van der Waals surface area contributed by atoms with E-state index in [4.69, 9.17) is 5.73 Å². The van der Waals surface area contributed by atoms with Gasteiger partial charge in [0.15, 0.2) is 0 Å². The fourth-order valence-electron chi connectivity index (χ4n) is 2.66. The minimum atomic E-state index is -0.0459. The van der Waals surface area contributed by atoms with Crippen molar-refractivity contribution in [2.75, 3.05) is 6.54 Å². The molecule has 0 aromatic heterocycles. The molecule has 1 amide bonds. The summed E-state index contributed by atoms with van der Waals surface area (Å²) < 4.78 is 0. The largest absolute Gasteiger partial charge is 0.339 e. The van der Waals surface area contributed by atoms with E-state index >= 15 is 0 Å². The van der Waals surface area contributed by atoms with Crippen molar-refractivity contribution in [2.45, 2.75) is 44.7 Å². The average Bonchev–Trinajstić information content (AvgIpc) is 2.77. The molecule has 19 heavy (non-hydrogen) atoms. The van der Waals surface area contributed by atoms with Crippen LogP contribution < -0.4 is 5.73 Å². The fraction of sp³-hybridized carbons (Fsp3) is 0.533. The zero-order valence-electron chi connectivity index (χ0n) is 11.4. The first-order chi connectivity index (χ1) is 8.66. The fourth-order valence-corrected chi connectivity index (χ4v) is 2.66. The summed E-state index contributed by atoms with van der Waals surface area (Å²) in [4.78, 5) is 14.1. The van der Waals surface area contributed by atoms with Gasteiger partial charge < -0.3 is 10.6 Å². The number of rotatable bonds is 4. The molecule has 0 aliphatic carbocycles. The Hall–Kier alpha value is -1.06. The highest BCUT2D eigenvalue weighted by atomic mass is 35.5. The van der Waals surface area contributed by atoms with Crippen LogP contribution in [-0.4, -0.2) is 29.4 Å². The first-order valence-corrected chi connectivity index (χ1v) is 6.76. The number of halogens is 1. The molecular weight excluding hydrogens is 260 g/mol. The molecule has 1 fully saturated rings. The standard InChI is InChI=1S/C15H22N2O.ClH/c1-12(16)10-15(18)17-9-5-8-14(17)11-13-6-3-2-4-7-13;/h2-4,6-7,12,14H,5,8-11,16H2,1H3;1H. The van der Waals surface area contributed by atoms with Gasteiger partial charge in [0.25, 0.3) is 0 Å². The summed E-state index contributed by atoms with van der Waals surface area (Å²) in [6.45, 7) is 2.78. The second-order valence-corrected chi connectivity index (χ2v) is 5.25. The smallest absolute Gasteiger partial charge is 0.224 e. The molecular formula is C15H23ClN2O. The van der Waals surface area contributed by atoms with Crippen molar-refractivity contribution >= 4 is 18.3 Å². The van der Waals surface area contributed by atoms with Crippen LogP contribution in [-0.2, 0) is 11.2 Å². The molecule has 4 heteroatoms. The Bertz CT molecular complexity index is 394. The highest BCUT2D eigenvalue weighted by Gasteiger charge is 2.28. The Balaban J connectivity index is 0.00000180. The van der Waals surface area contributed by atoms with Gasteiger partial charge in [0.05, 0.1) is 0 Å². The third-order valence-electron chi connectivity index (χ3n) is 3.51. The van der Waals surface area contributed by atoms with Crippen LogP contribution in [0.25, 0.3) is 0 Å². The predicted octanol–water partition coefficient (Wildman–Crippen LogP) is 2.38. The van der Waals surface area contributed by atoms with E-state index < -0.39 is 0 Å². The Kier molecular flexibility index (Phi) is 6.32. The van der Waals surface area contributed by atoms with Gasteiger partial charge in [0, 0.05) is 25.0 Å². The van der Waals surface area contributed by atoms with Crippen molar-refractivity contribution in [3.63, 3.8) is 0 Å². The van der Waals surface area contributed by atoms with Crippen LogP contribution in [0, 0.1) is 0 Å². The van der Waals surface area contributed by atoms with Gasteiger partial charge in [-0.25, -0.2) is 0 Å². The molecule has 0 saturated carbocycles. The molecule has 0 radical (unpaired) electrons. The lowest BCUT2D eigenvalue weighted by atomic mass is 10.0. The van der Waals surface area contributed by atoms with Gasteiger partial charge >= 0.3 is 0 Å². The molecule has 1 aromatic rings. The van der Waals surface area contributed by atoms with E-state index in [1.807, 2.05) is 17.9 Å². The number of amides is 1. The second kappa shape index (κ2) is 7.51. The summed E-state index contributed by atoms with van der Waals surface area (Å²) in [6, 6.07) is 10.7. The van der Waals surface area contributed by atoms with Gasteiger partial charge in [-0.3, -0.25) is 4.79 Å². The van der Waals surface area contributed by atoms with Crippen LogP contribution in [0.1, 0.15) is 31.7 Å². The van der Waals surface area contributed by atoms with Crippen molar-refractivity contribution < 1.29 is 4.79 Å². The molecule has 2 N–H and O–H groups in total. The first kappa shape index (κ1) is 16.0. The molecule has 1 aliphatic heterocycles. The molecule has 1 saturated heterocycles. The van der Waals surface area contributed by atoms with E-state index in [1.165, 1.54) is 5.56 Å². The van der Waals surface area contributed by atoms with Crippen LogP contribution in [0.5, 0.6) is 0 Å². The van der Waals surface area contributed by atoms with E-state index in [2.05, 4.69) is 24.3 Å². The van der Waals surface area contributed by atoms with Gasteiger partial charge in [-0.05, 0) is 31.7 Å². The number of nitrogens with zero attached hydrogens (tertiary/aromatic N) is 1. The van der Waals surface area contributed by atoms with Crippen LogP contribution in [0.3, 0.4) is 0 Å². The lowest BCUT2D eigenvalue weighted by Gasteiger charge is -2.25. The van der Waals surface area contributed by atoms with Crippen LogP contribution in [0.2, 0.25) is 0 Å². The summed E-state index contributed by atoms with van der Waals surface area (Å²) in [7, 11) is 0. The van der Waals surface area contributed by atoms with Crippen LogP contribution in [0.4, 0.5) is 0 Å². The van der Waals surface area contributed by atoms with Crippen molar-refractivity contribution in [1.82, 2.24) is 4.90 Å². The second-order valence-electron chi connectivity index (χ2n) is 5.25. The number of likely N-dealkylation sites (tertiary alicyclic amines) is 1. The van der Waals surface area contributed by atoms with Gasteiger partial charge in [-0.15, -0.1) is 12.4 Å². The van der Waals surface area contributed by atoms with Crippen molar-refractivity contribution in [1.29, 1.82) is 0 Å². The summed E-state index contributed by atoms with van der Waals surface area (Å²) in [5.74, 6) is 0.212.